The van der Waals surface area contributed by atoms with Crippen LogP contribution in [-0.4, -0.2) is 177 Å². The predicted octanol–water partition coefficient (Wildman–Crippen LogP) is -3.24. The number of phenols is 1. The number of carboxylic acids is 1. The van der Waals surface area contributed by atoms with E-state index in [0.717, 1.165) is 6.92 Å². The molecular formula is C64H101N15O17. The second-order valence-electron chi connectivity index (χ2n) is 24.6. The summed E-state index contributed by atoms with van der Waals surface area (Å²) in [5.41, 5.74) is 29.2. The quantitative estimate of drug-likeness (QED) is 0.0290. The third-order valence-electron chi connectivity index (χ3n) is 16.1. The number of nitrogens with two attached hydrogens (primary N) is 5. The Bertz CT molecular complexity index is 2970. The van der Waals surface area contributed by atoms with E-state index in [1.54, 1.807) is 71.9 Å². The van der Waals surface area contributed by atoms with Crippen LogP contribution in [0.1, 0.15) is 138 Å². The average molecular weight is 1350 g/mol. The highest BCUT2D eigenvalue weighted by atomic mass is 16.4. The minimum atomic E-state index is -1.94. The summed E-state index contributed by atoms with van der Waals surface area (Å²) in [5.74, 6) is -17.1. The van der Waals surface area contributed by atoms with E-state index < -0.39 is 192 Å². The van der Waals surface area contributed by atoms with Crippen LogP contribution in [0, 0.1) is 23.7 Å². The smallest absolute Gasteiger partial charge is 0.326 e. The van der Waals surface area contributed by atoms with E-state index in [2.05, 4.69) is 53.2 Å². The van der Waals surface area contributed by atoms with Gasteiger partial charge >= 0.3 is 5.97 Å². The van der Waals surface area contributed by atoms with Gasteiger partial charge in [0.2, 0.25) is 76.8 Å². The maximum Gasteiger partial charge on any atom is 0.326 e. The second-order valence-corrected chi connectivity index (χ2v) is 24.6. The molecule has 0 aliphatic heterocycles. The zero-order chi connectivity index (χ0) is 72.7. The summed E-state index contributed by atoms with van der Waals surface area (Å²) in [6.45, 7) is 14.8. The Morgan fingerprint density at radius 3 is 1.16 bits per heavy atom. The van der Waals surface area contributed by atoms with E-state index in [1.807, 2.05) is 13.8 Å². The molecule has 2 rings (SSSR count). The first kappa shape index (κ1) is 82.8. The first-order valence-electron chi connectivity index (χ1n) is 32.1. The van der Waals surface area contributed by atoms with Crippen molar-refractivity contribution >= 4 is 82.8 Å². The first-order chi connectivity index (χ1) is 45.1. The lowest BCUT2D eigenvalue weighted by Crippen LogP contribution is -2.63. The number of hydrogen-bond donors (Lipinski definition) is 18. The van der Waals surface area contributed by atoms with Gasteiger partial charge in [-0.05, 0) is 86.1 Å². The molecule has 0 aliphatic carbocycles. The standard InChI is InChI=1S/C64H101N15O17/c1-10-33(6)50(76-58(89)44(30-48(68)83)71-55(86)41(20-16-17-25-65)70-54(85)40(66)26-32(4)5)60(91)73-42(27-37-18-14-13-15-19-37)56(87)72-45(31-49(69)84)59(90)79-53(36(9)80)63(94)78-52(35(8)12-3)62(93)77-51(34(7)11-2)61(92)74-43(29-47(67)82)57(88)75-46(64(95)96)28-38-21-23-39(81)24-22-38/h13-15,18-19,21-24,32-36,40-46,50-53,80-81H,10-12,16-17,20,25-31,65-66H2,1-9H3,(H2,67,82)(H2,68,83)(H2,69,84)(H,70,85)(H,71,86)(H,72,87)(H,73,91)(H,74,92)(H,75,88)(H,76,89)(H,77,93)(H,78,94)(H,79,90)(H,95,96)/t33-,34-,35-,36+,40-,41-,42-,43-,44-,45-,46-,50-,51-,52-,53-/m0/s1. The van der Waals surface area contributed by atoms with Gasteiger partial charge in [-0.15, -0.1) is 0 Å². The lowest BCUT2D eigenvalue weighted by Gasteiger charge is -2.31. The molecule has 2 aromatic carbocycles. The number of primary amides is 3. The van der Waals surface area contributed by atoms with Crippen LogP contribution in [0.3, 0.4) is 0 Å². The lowest BCUT2D eigenvalue weighted by atomic mass is 9.94. The van der Waals surface area contributed by atoms with E-state index >= 15 is 0 Å². The number of phenolic OH excluding ortho intramolecular Hbond substituents is 1. The fourth-order valence-corrected chi connectivity index (χ4v) is 9.86. The van der Waals surface area contributed by atoms with Crippen molar-refractivity contribution in [3.05, 3.63) is 65.7 Å². The molecule has 0 aromatic heterocycles. The van der Waals surface area contributed by atoms with Gasteiger partial charge in [-0.1, -0.05) is 117 Å². The van der Waals surface area contributed by atoms with Crippen LogP contribution in [0.2, 0.25) is 0 Å². The normalized spacial score (nSPS) is 15.9. The van der Waals surface area contributed by atoms with Crippen molar-refractivity contribution in [2.24, 2.45) is 52.3 Å². The van der Waals surface area contributed by atoms with Gasteiger partial charge < -0.3 is 97.2 Å². The number of rotatable bonds is 44. The molecule has 0 saturated carbocycles. The number of carbonyl (C=O) groups excluding carboxylic acids is 13. The van der Waals surface area contributed by atoms with Crippen LogP contribution in [-0.2, 0) is 80.0 Å². The fraction of sp³-hybridized carbons (Fsp3) is 0.594. The van der Waals surface area contributed by atoms with Gasteiger partial charge in [0.1, 0.15) is 66.2 Å². The molecule has 0 bridgehead atoms. The van der Waals surface area contributed by atoms with Gasteiger partial charge in [0.15, 0.2) is 0 Å². The number of carboxylic acid groups (broad SMARTS) is 1. The summed E-state index contributed by atoms with van der Waals surface area (Å²) in [5, 5.41) is 55.3. The molecule has 0 radical (unpaired) electrons. The van der Waals surface area contributed by atoms with Crippen molar-refractivity contribution in [3.8, 4) is 5.75 Å². The van der Waals surface area contributed by atoms with Gasteiger partial charge in [-0.2, -0.15) is 0 Å². The van der Waals surface area contributed by atoms with E-state index in [9.17, 15) is 82.4 Å². The lowest BCUT2D eigenvalue weighted by molar-refractivity contribution is -0.142. The molecule has 0 unspecified atom stereocenters. The van der Waals surface area contributed by atoms with E-state index in [4.69, 9.17) is 28.7 Å². The minimum absolute atomic E-state index is 0.0352. The maximum atomic E-state index is 14.5. The first-order valence-corrected chi connectivity index (χ1v) is 32.1. The number of nitrogens with one attached hydrogen (secondary N) is 10. The Labute approximate surface area is 558 Å². The Morgan fingerprint density at radius 2 is 0.750 bits per heavy atom. The monoisotopic (exact) mass is 1350 g/mol. The average Bonchev–Trinajstić information content (AvgIpc) is 0.952. The number of aliphatic carboxylic acids is 1. The van der Waals surface area contributed by atoms with Crippen LogP contribution >= 0.6 is 0 Å². The van der Waals surface area contributed by atoms with Crippen molar-refractivity contribution in [1.29, 1.82) is 0 Å². The molecule has 2 aromatic rings. The van der Waals surface area contributed by atoms with Crippen molar-refractivity contribution in [2.45, 2.75) is 212 Å². The number of aromatic hydroxyl groups is 1. The van der Waals surface area contributed by atoms with Crippen molar-refractivity contribution in [3.63, 3.8) is 0 Å². The summed E-state index contributed by atoms with van der Waals surface area (Å²) in [6, 6.07) is -3.58. The Hall–Kier alpha value is -9.30. The van der Waals surface area contributed by atoms with Gasteiger partial charge in [-0.25, -0.2) is 4.79 Å². The Balaban J connectivity index is 2.50. The summed E-state index contributed by atoms with van der Waals surface area (Å²) in [6.07, 6.45) is -2.89. The maximum absolute atomic E-state index is 14.5. The SMILES string of the molecule is CC[C@H](C)[C@H](NC(=O)[C@H](CC(N)=O)NC(=O)[C@H](CCCCN)NC(=O)[C@@H](N)CC(C)C)C(=O)N[C@@H](Cc1ccccc1)C(=O)N[C@@H](CC(N)=O)C(=O)N[C@H](C(=O)N[C@H](C(=O)N[C@H](C(=O)N[C@@H](CC(N)=O)C(=O)N[C@@H](Cc1ccc(O)cc1)C(=O)O)[C@@H](C)CC)[C@@H](C)CC)[C@@H](C)O. The highest BCUT2D eigenvalue weighted by Crippen LogP contribution is 2.17. The fourth-order valence-electron chi connectivity index (χ4n) is 9.86. The highest BCUT2D eigenvalue weighted by molar-refractivity contribution is 6.01. The summed E-state index contributed by atoms with van der Waals surface area (Å²) in [7, 11) is 0. The van der Waals surface area contributed by atoms with Crippen LogP contribution in [0.25, 0.3) is 0 Å². The topological polar surface area (TPSA) is 550 Å². The van der Waals surface area contributed by atoms with Crippen molar-refractivity contribution in [1.82, 2.24) is 53.2 Å². The van der Waals surface area contributed by atoms with E-state index in [1.165, 1.54) is 24.3 Å². The van der Waals surface area contributed by atoms with Gasteiger partial charge in [-0.3, -0.25) is 62.3 Å². The molecule has 15 atom stereocenters. The molecule has 0 saturated heterocycles. The third kappa shape index (κ3) is 28.7. The van der Waals surface area contributed by atoms with Crippen LogP contribution in [0.5, 0.6) is 5.75 Å². The van der Waals surface area contributed by atoms with Crippen molar-refractivity contribution < 1.29 is 82.4 Å². The van der Waals surface area contributed by atoms with E-state index in [-0.39, 0.29) is 56.7 Å². The van der Waals surface area contributed by atoms with Crippen LogP contribution in [0.4, 0.5) is 0 Å². The molecule has 0 fully saturated rings. The number of carbonyl (C=O) groups is 14. The summed E-state index contributed by atoms with van der Waals surface area (Å²) >= 11 is 0. The minimum Gasteiger partial charge on any atom is -0.508 e. The Kier molecular flexibility index (Phi) is 35.8. The number of hydrogen-bond acceptors (Lipinski definition) is 18. The van der Waals surface area contributed by atoms with Gasteiger partial charge in [0.05, 0.1) is 31.4 Å². The molecule has 534 valence electrons. The second kappa shape index (κ2) is 41.5. The van der Waals surface area contributed by atoms with E-state index in [0.29, 0.717) is 30.4 Å². The summed E-state index contributed by atoms with van der Waals surface area (Å²) < 4.78 is 0. The largest absolute Gasteiger partial charge is 0.508 e. The summed E-state index contributed by atoms with van der Waals surface area (Å²) in [4.78, 5) is 190. The Morgan fingerprint density at radius 1 is 0.417 bits per heavy atom. The molecule has 32 nitrogen and oxygen atoms in total. The van der Waals surface area contributed by atoms with Crippen LogP contribution in [0.15, 0.2) is 54.6 Å². The number of benzene rings is 2. The van der Waals surface area contributed by atoms with Crippen molar-refractivity contribution in [2.75, 3.05) is 6.54 Å². The number of unbranched alkanes of at least 4 members (excludes halogenated alkanes) is 1. The van der Waals surface area contributed by atoms with Gasteiger partial charge in [0, 0.05) is 12.8 Å². The zero-order valence-corrected chi connectivity index (χ0v) is 56.1. The molecule has 96 heavy (non-hydrogen) atoms. The number of aliphatic hydroxyl groups is 1. The zero-order valence-electron chi connectivity index (χ0n) is 56.1. The van der Waals surface area contributed by atoms with Crippen LogP contribution < -0.4 is 81.8 Å². The molecule has 23 N–H and O–H groups in total. The molecule has 0 spiro atoms. The molecular weight excluding hydrogens is 1250 g/mol. The molecule has 0 heterocycles. The van der Waals surface area contributed by atoms with Gasteiger partial charge in [0.25, 0.3) is 0 Å². The molecule has 0 aliphatic rings. The highest BCUT2D eigenvalue weighted by Gasteiger charge is 2.40. The number of aliphatic hydroxyl groups excluding tert-OH is 1. The molecule has 13 amide bonds. The molecule has 32 heteroatoms. The predicted molar refractivity (Wildman–Crippen MR) is 351 cm³/mol. The third-order valence-corrected chi connectivity index (χ3v) is 16.1. The number of amides is 13.